The Morgan fingerprint density at radius 3 is 2.57 bits per heavy atom. The zero-order valence-electron chi connectivity index (χ0n) is 16.3. The van der Waals surface area contributed by atoms with E-state index in [1.165, 1.54) is 0 Å². The number of ether oxygens (including phenoxy) is 3. The molecule has 0 aromatic heterocycles. The van der Waals surface area contributed by atoms with E-state index in [0.29, 0.717) is 11.5 Å². The van der Waals surface area contributed by atoms with Crippen molar-refractivity contribution in [2.75, 3.05) is 50.2 Å². The second-order valence-electron chi connectivity index (χ2n) is 6.39. The first-order chi connectivity index (χ1) is 13.7. The molecule has 3 rings (SSSR count). The molecule has 0 spiro atoms. The average Bonchev–Trinajstić information content (AvgIpc) is 2.74. The van der Waals surface area contributed by atoms with Crippen molar-refractivity contribution < 1.29 is 19.0 Å². The molecule has 6 nitrogen and oxygen atoms in total. The quantitative estimate of drug-likeness (QED) is 0.793. The van der Waals surface area contributed by atoms with E-state index in [-0.39, 0.29) is 12.5 Å². The van der Waals surface area contributed by atoms with Crippen LogP contribution < -0.4 is 19.7 Å². The van der Waals surface area contributed by atoms with Crippen LogP contribution in [0.3, 0.4) is 0 Å². The maximum absolute atomic E-state index is 12.2. The van der Waals surface area contributed by atoms with Crippen LogP contribution in [0.15, 0.2) is 48.5 Å². The van der Waals surface area contributed by atoms with Gasteiger partial charge in [-0.25, -0.2) is 0 Å². The van der Waals surface area contributed by atoms with E-state index >= 15 is 0 Å². The smallest absolute Gasteiger partial charge is 0.262 e. The fourth-order valence-corrected chi connectivity index (χ4v) is 3.02. The van der Waals surface area contributed by atoms with E-state index in [2.05, 4.69) is 10.2 Å². The summed E-state index contributed by atoms with van der Waals surface area (Å²) in [4.78, 5) is 14.5. The van der Waals surface area contributed by atoms with Gasteiger partial charge < -0.3 is 24.4 Å². The van der Waals surface area contributed by atoms with Gasteiger partial charge in [-0.2, -0.15) is 0 Å². The van der Waals surface area contributed by atoms with Crippen molar-refractivity contribution in [1.82, 2.24) is 0 Å². The summed E-state index contributed by atoms with van der Waals surface area (Å²) in [5.41, 5.74) is 2.88. The summed E-state index contributed by atoms with van der Waals surface area (Å²) in [5.74, 6) is 0.908. The van der Waals surface area contributed by atoms with Crippen LogP contribution in [0.4, 0.5) is 11.4 Å². The molecule has 1 N–H and O–H groups in total. The van der Waals surface area contributed by atoms with E-state index in [1.807, 2.05) is 55.5 Å². The number of rotatable bonds is 7. The third-order valence-electron chi connectivity index (χ3n) is 4.43. The molecular weight excluding hydrogens is 356 g/mol. The van der Waals surface area contributed by atoms with Crippen molar-refractivity contribution in [2.45, 2.75) is 6.92 Å². The van der Waals surface area contributed by atoms with Gasteiger partial charge in [-0.15, -0.1) is 0 Å². The molecule has 0 radical (unpaired) electrons. The van der Waals surface area contributed by atoms with E-state index in [9.17, 15) is 4.79 Å². The standard InChI is InChI=1S/C22H26N2O4/c1-3-4-17-5-10-20(21(15-17)26-2)28-16-22(25)23-18-6-8-19(9-7-18)24-11-13-27-14-12-24/h3-10,15H,11-14,16H2,1-2H3,(H,23,25). The Bertz CT molecular complexity index is 812. The molecule has 1 heterocycles. The lowest BCUT2D eigenvalue weighted by Gasteiger charge is -2.28. The van der Waals surface area contributed by atoms with E-state index in [1.54, 1.807) is 13.2 Å². The minimum absolute atomic E-state index is 0.0927. The zero-order valence-corrected chi connectivity index (χ0v) is 16.3. The van der Waals surface area contributed by atoms with Gasteiger partial charge >= 0.3 is 0 Å². The zero-order chi connectivity index (χ0) is 19.8. The Morgan fingerprint density at radius 1 is 1.14 bits per heavy atom. The highest BCUT2D eigenvalue weighted by Gasteiger charge is 2.12. The fourth-order valence-electron chi connectivity index (χ4n) is 3.02. The Balaban J connectivity index is 1.54. The van der Waals surface area contributed by atoms with Gasteiger partial charge in [0.05, 0.1) is 20.3 Å². The molecule has 1 aliphatic rings. The van der Waals surface area contributed by atoms with Crippen LogP contribution in [0.1, 0.15) is 12.5 Å². The van der Waals surface area contributed by atoms with Crippen LogP contribution in [-0.4, -0.2) is 45.9 Å². The van der Waals surface area contributed by atoms with E-state index < -0.39 is 0 Å². The van der Waals surface area contributed by atoms with Crippen molar-refractivity contribution in [1.29, 1.82) is 0 Å². The molecule has 1 aliphatic heterocycles. The number of carbonyl (C=O) groups excluding carboxylic acids is 1. The van der Waals surface area contributed by atoms with Crippen LogP contribution >= 0.6 is 0 Å². The Morgan fingerprint density at radius 2 is 1.89 bits per heavy atom. The molecule has 1 amide bonds. The van der Waals surface area contributed by atoms with Gasteiger partial charge in [-0.1, -0.05) is 18.2 Å². The van der Waals surface area contributed by atoms with Gasteiger partial charge in [0.2, 0.25) is 0 Å². The number of amides is 1. The number of morpholine rings is 1. The summed E-state index contributed by atoms with van der Waals surface area (Å²) in [7, 11) is 1.58. The number of hydrogen-bond acceptors (Lipinski definition) is 5. The summed E-state index contributed by atoms with van der Waals surface area (Å²) in [5, 5.41) is 2.85. The molecular formula is C22H26N2O4. The number of allylic oxidation sites excluding steroid dienone is 1. The largest absolute Gasteiger partial charge is 0.493 e. The predicted octanol–water partition coefficient (Wildman–Crippen LogP) is 3.58. The molecule has 1 saturated heterocycles. The number of hydrogen-bond donors (Lipinski definition) is 1. The van der Waals surface area contributed by atoms with Crippen molar-refractivity contribution in [2.24, 2.45) is 0 Å². The molecule has 28 heavy (non-hydrogen) atoms. The number of anilines is 2. The Kier molecular flexibility index (Phi) is 6.92. The minimum Gasteiger partial charge on any atom is -0.493 e. The first kappa shape index (κ1) is 19.8. The molecule has 0 atom stereocenters. The van der Waals surface area contributed by atoms with Gasteiger partial charge in [0, 0.05) is 24.5 Å². The van der Waals surface area contributed by atoms with Crippen LogP contribution in [-0.2, 0) is 9.53 Å². The number of benzene rings is 2. The molecule has 1 fully saturated rings. The summed E-state index contributed by atoms with van der Waals surface area (Å²) in [6, 6.07) is 13.4. The SMILES string of the molecule is CC=Cc1ccc(OCC(=O)Nc2ccc(N3CCOCC3)cc2)c(OC)c1. The Labute approximate surface area is 165 Å². The molecule has 2 aromatic rings. The summed E-state index contributed by atoms with van der Waals surface area (Å²) in [6.45, 7) is 5.12. The lowest BCUT2D eigenvalue weighted by molar-refractivity contribution is -0.118. The lowest BCUT2D eigenvalue weighted by Crippen LogP contribution is -2.36. The maximum atomic E-state index is 12.2. The average molecular weight is 382 g/mol. The number of nitrogens with one attached hydrogen (secondary N) is 1. The highest BCUT2D eigenvalue weighted by molar-refractivity contribution is 5.92. The van der Waals surface area contributed by atoms with Crippen molar-refractivity contribution in [3.63, 3.8) is 0 Å². The van der Waals surface area contributed by atoms with Gasteiger partial charge in [-0.05, 0) is 48.9 Å². The molecule has 0 aliphatic carbocycles. The molecule has 148 valence electrons. The van der Waals surface area contributed by atoms with Crippen LogP contribution in [0.25, 0.3) is 6.08 Å². The third kappa shape index (κ3) is 5.27. The topological polar surface area (TPSA) is 60.0 Å². The first-order valence-corrected chi connectivity index (χ1v) is 9.36. The van der Waals surface area contributed by atoms with Crippen LogP contribution in [0, 0.1) is 0 Å². The van der Waals surface area contributed by atoms with Crippen molar-refractivity contribution in [3.05, 3.63) is 54.1 Å². The van der Waals surface area contributed by atoms with Gasteiger partial charge in [0.1, 0.15) is 0 Å². The predicted molar refractivity (Wildman–Crippen MR) is 111 cm³/mol. The first-order valence-electron chi connectivity index (χ1n) is 9.36. The van der Waals surface area contributed by atoms with E-state index in [0.717, 1.165) is 43.2 Å². The lowest BCUT2D eigenvalue weighted by atomic mass is 10.2. The van der Waals surface area contributed by atoms with Crippen molar-refractivity contribution >= 4 is 23.4 Å². The van der Waals surface area contributed by atoms with E-state index in [4.69, 9.17) is 14.2 Å². The van der Waals surface area contributed by atoms with Crippen LogP contribution in [0.2, 0.25) is 0 Å². The summed E-state index contributed by atoms with van der Waals surface area (Å²) < 4.78 is 16.4. The Hall–Kier alpha value is -2.99. The molecule has 0 unspecified atom stereocenters. The molecule has 0 bridgehead atoms. The maximum Gasteiger partial charge on any atom is 0.262 e. The van der Waals surface area contributed by atoms with Gasteiger partial charge in [0.25, 0.3) is 5.91 Å². The third-order valence-corrected chi connectivity index (χ3v) is 4.43. The second kappa shape index (κ2) is 9.80. The molecule has 0 saturated carbocycles. The number of carbonyl (C=O) groups is 1. The van der Waals surface area contributed by atoms with Crippen molar-refractivity contribution in [3.8, 4) is 11.5 Å². The summed E-state index contributed by atoms with van der Waals surface area (Å²) >= 11 is 0. The normalized spacial score (nSPS) is 14.1. The minimum atomic E-state index is -0.223. The second-order valence-corrected chi connectivity index (χ2v) is 6.39. The highest BCUT2D eigenvalue weighted by atomic mass is 16.5. The number of methoxy groups -OCH3 is 1. The van der Waals surface area contributed by atoms with Gasteiger partial charge in [-0.3, -0.25) is 4.79 Å². The van der Waals surface area contributed by atoms with Gasteiger partial charge in [0.15, 0.2) is 18.1 Å². The highest BCUT2D eigenvalue weighted by Crippen LogP contribution is 2.28. The molecule has 6 heteroatoms. The van der Waals surface area contributed by atoms with Crippen LogP contribution in [0.5, 0.6) is 11.5 Å². The monoisotopic (exact) mass is 382 g/mol. The molecule has 2 aromatic carbocycles. The number of nitrogens with zero attached hydrogens (tertiary/aromatic N) is 1. The fraction of sp³-hybridized carbons (Fsp3) is 0.318. The summed E-state index contributed by atoms with van der Waals surface area (Å²) in [6.07, 6.45) is 3.92.